The first kappa shape index (κ1) is 20.9. The molecule has 0 aromatic heterocycles. The van der Waals surface area contributed by atoms with Crippen LogP contribution in [0.3, 0.4) is 0 Å². The average Bonchev–Trinajstić information content (AvgIpc) is 2.78. The zero-order valence-electron chi connectivity index (χ0n) is 18.2. The molecule has 5 nitrogen and oxygen atoms in total. The number of aryl methyl sites for hydroxylation is 1. The molecule has 2 aliphatic rings. The molecule has 1 amide bonds. The van der Waals surface area contributed by atoms with Gasteiger partial charge in [-0.1, -0.05) is 43.3 Å². The Kier molecular flexibility index (Phi) is 5.94. The summed E-state index contributed by atoms with van der Waals surface area (Å²) in [5.74, 6) is 0.0948. The summed E-state index contributed by atoms with van der Waals surface area (Å²) in [6.07, 6.45) is 3.12. The normalized spacial score (nSPS) is 18.4. The highest BCUT2D eigenvalue weighted by atomic mass is 16.5. The van der Waals surface area contributed by atoms with Crippen molar-refractivity contribution in [3.05, 3.63) is 82.2 Å². The molecule has 0 bridgehead atoms. The molecule has 160 valence electrons. The first-order chi connectivity index (χ1) is 15.0. The quantitative estimate of drug-likeness (QED) is 0.730. The number of carbonyl (C=O) groups excluding carboxylic acids is 2. The number of hydrogen-bond donors (Lipinski definition) is 2. The number of anilines is 1. The number of rotatable bonds is 5. The van der Waals surface area contributed by atoms with Crippen LogP contribution in [-0.4, -0.2) is 18.8 Å². The van der Waals surface area contributed by atoms with Crippen molar-refractivity contribution in [3.8, 4) is 5.75 Å². The Morgan fingerprint density at radius 1 is 1.13 bits per heavy atom. The third-order valence-corrected chi connectivity index (χ3v) is 6.10. The van der Waals surface area contributed by atoms with Crippen LogP contribution in [0.5, 0.6) is 5.75 Å². The molecule has 0 spiro atoms. The Morgan fingerprint density at radius 3 is 2.58 bits per heavy atom. The monoisotopic (exact) mass is 416 g/mol. The molecule has 5 heteroatoms. The van der Waals surface area contributed by atoms with E-state index in [9.17, 15) is 9.59 Å². The maximum atomic E-state index is 13.5. The van der Waals surface area contributed by atoms with E-state index in [4.69, 9.17) is 4.74 Å². The van der Waals surface area contributed by atoms with E-state index in [1.54, 1.807) is 7.11 Å². The number of para-hydroxylation sites is 2. The zero-order chi connectivity index (χ0) is 22.0. The number of nitrogens with one attached hydrogen (secondary N) is 2. The highest BCUT2D eigenvalue weighted by Crippen LogP contribution is 2.42. The zero-order valence-corrected chi connectivity index (χ0v) is 18.2. The third kappa shape index (κ3) is 4.00. The second kappa shape index (κ2) is 8.80. The van der Waals surface area contributed by atoms with E-state index >= 15 is 0 Å². The van der Waals surface area contributed by atoms with Gasteiger partial charge in [0.15, 0.2) is 5.78 Å². The van der Waals surface area contributed by atoms with Crippen LogP contribution in [0.1, 0.15) is 50.2 Å². The van der Waals surface area contributed by atoms with Gasteiger partial charge in [-0.15, -0.1) is 0 Å². The summed E-state index contributed by atoms with van der Waals surface area (Å²) in [6, 6.07) is 15.6. The van der Waals surface area contributed by atoms with Crippen molar-refractivity contribution in [2.45, 2.75) is 45.4 Å². The van der Waals surface area contributed by atoms with Gasteiger partial charge in [0.1, 0.15) is 5.75 Å². The molecule has 2 aromatic carbocycles. The summed E-state index contributed by atoms with van der Waals surface area (Å²) in [5.41, 5.74) is 5.83. The predicted molar refractivity (Wildman–Crippen MR) is 122 cm³/mol. The summed E-state index contributed by atoms with van der Waals surface area (Å²) in [4.78, 5) is 26.5. The molecule has 0 radical (unpaired) electrons. The molecule has 1 atom stereocenters. The van der Waals surface area contributed by atoms with Crippen LogP contribution < -0.4 is 15.4 Å². The second-order valence-electron chi connectivity index (χ2n) is 8.02. The lowest BCUT2D eigenvalue weighted by atomic mass is 9.75. The van der Waals surface area contributed by atoms with Crippen molar-refractivity contribution in [1.29, 1.82) is 0 Å². The maximum absolute atomic E-state index is 13.5. The number of methoxy groups -OCH3 is 1. The fourth-order valence-corrected chi connectivity index (χ4v) is 4.50. The van der Waals surface area contributed by atoms with Gasteiger partial charge in [0.2, 0.25) is 0 Å². The van der Waals surface area contributed by atoms with Crippen molar-refractivity contribution < 1.29 is 14.3 Å². The summed E-state index contributed by atoms with van der Waals surface area (Å²) in [5, 5.41) is 6.36. The highest BCUT2D eigenvalue weighted by Gasteiger charge is 2.38. The Labute approximate surface area is 183 Å². The van der Waals surface area contributed by atoms with Crippen LogP contribution >= 0.6 is 0 Å². The number of allylic oxidation sites excluding steroid dienone is 3. The molecule has 0 unspecified atom stereocenters. The molecule has 2 aromatic rings. The SMILES string of the molecule is CCc1ccc([C@@H]2C(C(=O)Nc3ccccc3OC)=C(C)NC3=C2C(=O)CCC3)cc1. The molecule has 0 saturated carbocycles. The van der Waals surface area contributed by atoms with Gasteiger partial charge >= 0.3 is 0 Å². The fraction of sp³-hybridized carbons (Fsp3) is 0.308. The van der Waals surface area contributed by atoms with Gasteiger partial charge in [0, 0.05) is 34.9 Å². The van der Waals surface area contributed by atoms with E-state index in [-0.39, 0.29) is 17.6 Å². The molecule has 0 saturated heterocycles. The number of amides is 1. The third-order valence-electron chi connectivity index (χ3n) is 6.10. The summed E-state index contributed by atoms with van der Waals surface area (Å²) < 4.78 is 5.39. The first-order valence-electron chi connectivity index (χ1n) is 10.8. The first-order valence-corrected chi connectivity index (χ1v) is 10.8. The standard InChI is InChI=1S/C26H28N2O3/c1-4-17-12-14-18(15-13-17)24-23(16(2)27-20-9-7-10-21(29)25(20)24)26(30)28-19-8-5-6-11-22(19)31-3/h5-6,8,11-15,24,27H,4,7,9-10H2,1-3H3,(H,28,30)/t24-/m1/s1. The summed E-state index contributed by atoms with van der Waals surface area (Å²) in [7, 11) is 1.58. The van der Waals surface area contributed by atoms with Crippen LogP contribution in [0.15, 0.2) is 71.1 Å². The molecule has 1 aliphatic heterocycles. The van der Waals surface area contributed by atoms with Crippen molar-refractivity contribution in [3.63, 3.8) is 0 Å². The Hall–Kier alpha value is -3.34. The molecule has 0 fully saturated rings. The van der Waals surface area contributed by atoms with Crippen molar-refractivity contribution >= 4 is 17.4 Å². The van der Waals surface area contributed by atoms with Gasteiger partial charge < -0.3 is 15.4 Å². The minimum atomic E-state index is -0.385. The molecule has 2 N–H and O–H groups in total. The van der Waals surface area contributed by atoms with Gasteiger partial charge in [0.25, 0.3) is 5.91 Å². The summed E-state index contributed by atoms with van der Waals surface area (Å²) >= 11 is 0. The molecule has 31 heavy (non-hydrogen) atoms. The number of Topliss-reactive ketones (excluding diaryl/α,β-unsaturated/α-hetero) is 1. The van der Waals surface area contributed by atoms with E-state index in [2.05, 4.69) is 29.7 Å². The van der Waals surface area contributed by atoms with Crippen LogP contribution in [0.2, 0.25) is 0 Å². The van der Waals surface area contributed by atoms with Crippen molar-refractivity contribution in [2.24, 2.45) is 0 Å². The molecular weight excluding hydrogens is 388 g/mol. The van der Waals surface area contributed by atoms with E-state index in [1.807, 2.05) is 43.3 Å². The molecule has 4 rings (SSSR count). The van der Waals surface area contributed by atoms with Gasteiger partial charge in [0.05, 0.1) is 12.8 Å². The Morgan fingerprint density at radius 2 is 1.87 bits per heavy atom. The van der Waals surface area contributed by atoms with Gasteiger partial charge in [-0.3, -0.25) is 9.59 Å². The van der Waals surface area contributed by atoms with Crippen molar-refractivity contribution in [1.82, 2.24) is 5.32 Å². The maximum Gasteiger partial charge on any atom is 0.254 e. The minimum absolute atomic E-state index is 0.119. The van der Waals surface area contributed by atoms with Crippen molar-refractivity contribution in [2.75, 3.05) is 12.4 Å². The highest BCUT2D eigenvalue weighted by molar-refractivity contribution is 6.10. The topological polar surface area (TPSA) is 67.4 Å². The van der Waals surface area contributed by atoms with Gasteiger partial charge in [-0.05, 0) is 49.4 Å². The lowest BCUT2D eigenvalue weighted by Gasteiger charge is -2.34. The van der Waals surface area contributed by atoms with Crippen LogP contribution in [0.4, 0.5) is 5.69 Å². The largest absolute Gasteiger partial charge is 0.495 e. The second-order valence-corrected chi connectivity index (χ2v) is 8.02. The van der Waals surface area contributed by atoms with E-state index in [0.717, 1.165) is 41.8 Å². The van der Waals surface area contributed by atoms with E-state index in [1.165, 1.54) is 5.56 Å². The lowest BCUT2D eigenvalue weighted by molar-refractivity contribution is -0.116. The van der Waals surface area contributed by atoms with Crippen LogP contribution in [0.25, 0.3) is 0 Å². The van der Waals surface area contributed by atoms with Gasteiger partial charge in [-0.25, -0.2) is 0 Å². The lowest BCUT2D eigenvalue weighted by Crippen LogP contribution is -2.35. The number of carbonyl (C=O) groups is 2. The molecular formula is C26H28N2O3. The van der Waals surface area contributed by atoms with Crippen LogP contribution in [-0.2, 0) is 16.0 Å². The average molecular weight is 417 g/mol. The van der Waals surface area contributed by atoms with Gasteiger partial charge in [-0.2, -0.15) is 0 Å². The molecule has 1 heterocycles. The number of benzene rings is 2. The Bertz CT molecular complexity index is 1080. The number of hydrogen-bond acceptors (Lipinski definition) is 4. The summed E-state index contributed by atoms with van der Waals surface area (Å²) in [6.45, 7) is 4.02. The Balaban J connectivity index is 1.78. The predicted octanol–water partition coefficient (Wildman–Crippen LogP) is 4.86. The fourth-order valence-electron chi connectivity index (χ4n) is 4.50. The smallest absolute Gasteiger partial charge is 0.254 e. The number of dihydropyridines is 1. The van der Waals surface area contributed by atoms with E-state index < -0.39 is 0 Å². The minimum Gasteiger partial charge on any atom is -0.495 e. The number of ether oxygens (including phenoxy) is 1. The molecule has 1 aliphatic carbocycles. The number of ketones is 1. The van der Waals surface area contributed by atoms with Crippen LogP contribution in [0, 0.1) is 0 Å². The van der Waals surface area contributed by atoms with E-state index in [0.29, 0.717) is 23.4 Å².